The molecular weight excluding hydrogens is 433 g/mol. The molecular formula is C21H24Cl3N3O2. The van der Waals surface area contributed by atoms with Crippen molar-refractivity contribution in [3.8, 4) is 5.75 Å². The number of nitrogens with one attached hydrogen (secondary N) is 1. The standard InChI is InChI=1S/C21H24Cl3N3O2/c1-3-26-9-11-27(12-10-26)20-16(23)5-4-6-18(20)25-21(28)14(2)29-19-8-7-15(22)13-17(19)24/h4-8,13-14H,3,9-12H2,1-2H3,(H,25,28)/t14-/m1/s1. The van der Waals surface area contributed by atoms with Gasteiger partial charge >= 0.3 is 0 Å². The first-order valence-corrected chi connectivity index (χ1v) is 10.7. The number of anilines is 2. The Morgan fingerprint density at radius 1 is 1.10 bits per heavy atom. The molecule has 2 aromatic carbocycles. The van der Waals surface area contributed by atoms with E-state index >= 15 is 0 Å². The smallest absolute Gasteiger partial charge is 0.265 e. The van der Waals surface area contributed by atoms with Gasteiger partial charge in [0.2, 0.25) is 0 Å². The van der Waals surface area contributed by atoms with E-state index in [1.165, 1.54) is 0 Å². The number of carbonyl (C=O) groups excluding carboxylic acids is 1. The van der Waals surface area contributed by atoms with E-state index in [-0.39, 0.29) is 5.91 Å². The molecule has 1 atom stereocenters. The van der Waals surface area contributed by atoms with Gasteiger partial charge in [-0.1, -0.05) is 47.8 Å². The number of benzene rings is 2. The third kappa shape index (κ3) is 5.48. The lowest BCUT2D eigenvalue weighted by molar-refractivity contribution is -0.122. The van der Waals surface area contributed by atoms with Gasteiger partial charge in [0.15, 0.2) is 6.10 Å². The number of amides is 1. The van der Waals surface area contributed by atoms with Crippen molar-refractivity contribution in [1.29, 1.82) is 0 Å². The van der Waals surface area contributed by atoms with Gasteiger partial charge in [0.1, 0.15) is 5.75 Å². The van der Waals surface area contributed by atoms with Gasteiger partial charge in [0.05, 0.1) is 21.4 Å². The Hall–Kier alpha value is -1.66. The summed E-state index contributed by atoms with van der Waals surface area (Å²) in [5, 5.41) is 4.43. The van der Waals surface area contributed by atoms with Crippen LogP contribution < -0.4 is 15.0 Å². The molecule has 0 bridgehead atoms. The third-order valence-electron chi connectivity index (χ3n) is 4.95. The Kier molecular flexibility index (Phi) is 7.52. The largest absolute Gasteiger partial charge is 0.479 e. The number of nitrogens with zero attached hydrogens (tertiary/aromatic N) is 2. The zero-order valence-corrected chi connectivity index (χ0v) is 18.7. The second-order valence-electron chi connectivity index (χ2n) is 6.88. The maximum atomic E-state index is 12.8. The minimum Gasteiger partial charge on any atom is -0.479 e. The molecule has 156 valence electrons. The molecule has 1 aliphatic heterocycles. The van der Waals surface area contributed by atoms with E-state index < -0.39 is 6.10 Å². The molecule has 0 spiro atoms. The summed E-state index contributed by atoms with van der Waals surface area (Å²) in [5.74, 6) is 0.118. The average molecular weight is 457 g/mol. The van der Waals surface area contributed by atoms with Crippen molar-refractivity contribution in [2.75, 3.05) is 42.9 Å². The lowest BCUT2D eigenvalue weighted by atomic mass is 10.2. The molecule has 0 aromatic heterocycles. The van der Waals surface area contributed by atoms with Crippen LogP contribution in [0.3, 0.4) is 0 Å². The van der Waals surface area contributed by atoms with E-state index in [0.717, 1.165) is 38.4 Å². The summed E-state index contributed by atoms with van der Waals surface area (Å²) in [7, 11) is 0. The van der Waals surface area contributed by atoms with Crippen LogP contribution >= 0.6 is 34.8 Å². The Morgan fingerprint density at radius 3 is 2.48 bits per heavy atom. The fraction of sp³-hybridized carbons (Fsp3) is 0.381. The van der Waals surface area contributed by atoms with Gasteiger partial charge < -0.3 is 19.9 Å². The van der Waals surface area contributed by atoms with Crippen molar-refractivity contribution in [1.82, 2.24) is 4.90 Å². The molecule has 1 fully saturated rings. The summed E-state index contributed by atoms with van der Waals surface area (Å²) in [6.07, 6.45) is -0.752. The topological polar surface area (TPSA) is 44.8 Å². The van der Waals surface area contributed by atoms with Gasteiger partial charge in [-0.05, 0) is 43.8 Å². The molecule has 1 amide bonds. The molecule has 3 rings (SSSR count). The van der Waals surface area contributed by atoms with E-state index in [0.29, 0.717) is 26.5 Å². The lowest BCUT2D eigenvalue weighted by Crippen LogP contribution is -2.46. The summed E-state index contributed by atoms with van der Waals surface area (Å²) in [4.78, 5) is 17.4. The van der Waals surface area contributed by atoms with Crippen LogP contribution in [0.15, 0.2) is 36.4 Å². The number of piperazine rings is 1. The monoisotopic (exact) mass is 455 g/mol. The average Bonchev–Trinajstić information content (AvgIpc) is 2.70. The Bertz CT molecular complexity index is 870. The Balaban J connectivity index is 1.72. The van der Waals surface area contributed by atoms with Crippen LogP contribution in [-0.4, -0.2) is 49.6 Å². The number of rotatable bonds is 6. The number of para-hydroxylation sites is 1. The van der Waals surface area contributed by atoms with E-state index in [4.69, 9.17) is 39.5 Å². The van der Waals surface area contributed by atoms with Gasteiger partial charge in [0, 0.05) is 31.2 Å². The van der Waals surface area contributed by atoms with Gasteiger partial charge in [-0.15, -0.1) is 0 Å². The van der Waals surface area contributed by atoms with Crippen LogP contribution in [0.4, 0.5) is 11.4 Å². The second kappa shape index (κ2) is 9.90. The minimum absolute atomic E-state index is 0.285. The summed E-state index contributed by atoms with van der Waals surface area (Å²) in [6.45, 7) is 8.49. The van der Waals surface area contributed by atoms with Gasteiger partial charge in [0.25, 0.3) is 5.91 Å². The number of carbonyl (C=O) groups is 1. The first-order valence-electron chi connectivity index (χ1n) is 9.57. The van der Waals surface area contributed by atoms with Crippen LogP contribution in [0.25, 0.3) is 0 Å². The van der Waals surface area contributed by atoms with Crippen molar-refractivity contribution >= 4 is 52.1 Å². The first kappa shape index (κ1) is 22.0. The number of hydrogen-bond donors (Lipinski definition) is 1. The normalized spacial score (nSPS) is 15.8. The highest BCUT2D eigenvalue weighted by Gasteiger charge is 2.23. The van der Waals surface area contributed by atoms with Crippen molar-refractivity contribution in [3.05, 3.63) is 51.5 Å². The molecule has 5 nitrogen and oxygen atoms in total. The van der Waals surface area contributed by atoms with Crippen molar-refractivity contribution in [2.24, 2.45) is 0 Å². The molecule has 1 saturated heterocycles. The molecule has 0 saturated carbocycles. The molecule has 1 N–H and O–H groups in total. The second-order valence-corrected chi connectivity index (χ2v) is 8.13. The molecule has 0 radical (unpaired) electrons. The van der Waals surface area contributed by atoms with Crippen molar-refractivity contribution in [3.63, 3.8) is 0 Å². The molecule has 0 aliphatic carbocycles. The first-order chi connectivity index (χ1) is 13.9. The van der Waals surface area contributed by atoms with Gasteiger partial charge in [-0.3, -0.25) is 4.79 Å². The predicted octanol–water partition coefficient (Wildman–Crippen LogP) is 5.19. The number of hydrogen-bond acceptors (Lipinski definition) is 4. The summed E-state index contributed by atoms with van der Waals surface area (Å²) < 4.78 is 5.72. The number of likely N-dealkylation sites (N-methyl/N-ethyl adjacent to an activating group) is 1. The maximum Gasteiger partial charge on any atom is 0.265 e. The highest BCUT2D eigenvalue weighted by Crippen LogP contribution is 2.35. The lowest BCUT2D eigenvalue weighted by Gasteiger charge is -2.36. The number of halogens is 3. The highest BCUT2D eigenvalue weighted by molar-refractivity contribution is 6.35. The fourth-order valence-corrected chi connectivity index (χ4v) is 4.02. The summed E-state index contributed by atoms with van der Waals surface area (Å²) in [5.41, 5.74) is 1.51. The van der Waals surface area contributed by atoms with Crippen LogP contribution in [0.2, 0.25) is 15.1 Å². The quantitative estimate of drug-likeness (QED) is 0.649. The Labute approximate surface area is 186 Å². The maximum absolute atomic E-state index is 12.8. The van der Waals surface area contributed by atoms with E-state index in [9.17, 15) is 4.79 Å². The van der Waals surface area contributed by atoms with Gasteiger partial charge in [-0.2, -0.15) is 0 Å². The third-order valence-corrected chi connectivity index (χ3v) is 5.78. The molecule has 29 heavy (non-hydrogen) atoms. The zero-order valence-electron chi connectivity index (χ0n) is 16.4. The van der Waals surface area contributed by atoms with Crippen LogP contribution in [0.1, 0.15) is 13.8 Å². The Morgan fingerprint density at radius 2 is 1.83 bits per heavy atom. The predicted molar refractivity (Wildman–Crippen MR) is 121 cm³/mol. The van der Waals surface area contributed by atoms with Crippen molar-refractivity contribution in [2.45, 2.75) is 20.0 Å². The zero-order chi connectivity index (χ0) is 21.0. The SMILES string of the molecule is CCN1CCN(c2c(Cl)cccc2NC(=O)[C@@H](C)Oc2ccc(Cl)cc2Cl)CC1. The molecule has 8 heteroatoms. The summed E-state index contributed by atoms with van der Waals surface area (Å²) >= 11 is 18.5. The van der Waals surface area contributed by atoms with E-state index in [1.54, 1.807) is 25.1 Å². The molecule has 0 unspecified atom stereocenters. The van der Waals surface area contributed by atoms with E-state index in [2.05, 4.69) is 22.0 Å². The fourth-order valence-electron chi connectivity index (χ4n) is 3.27. The summed E-state index contributed by atoms with van der Waals surface area (Å²) in [6, 6.07) is 10.4. The molecule has 2 aromatic rings. The minimum atomic E-state index is -0.752. The highest BCUT2D eigenvalue weighted by atomic mass is 35.5. The molecule has 1 heterocycles. The van der Waals surface area contributed by atoms with Crippen LogP contribution in [-0.2, 0) is 4.79 Å². The van der Waals surface area contributed by atoms with Crippen LogP contribution in [0.5, 0.6) is 5.75 Å². The molecule has 1 aliphatic rings. The van der Waals surface area contributed by atoms with Crippen molar-refractivity contribution < 1.29 is 9.53 Å². The van der Waals surface area contributed by atoms with E-state index in [1.807, 2.05) is 18.2 Å². The number of ether oxygens (including phenoxy) is 1. The van der Waals surface area contributed by atoms with Crippen LogP contribution in [0, 0.1) is 0 Å². The van der Waals surface area contributed by atoms with Gasteiger partial charge in [-0.25, -0.2) is 0 Å².